The van der Waals surface area contributed by atoms with E-state index in [0.717, 1.165) is 6.54 Å². The minimum absolute atomic E-state index is 0.133. The number of benzene rings is 1. The molecule has 1 aromatic carbocycles. The number of methoxy groups -OCH3 is 1. The van der Waals surface area contributed by atoms with Gasteiger partial charge >= 0.3 is 5.97 Å². The molecule has 0 aliphatic rings. The molecule has 0 spiro atoms. The first-order valence-electron chi connectivity index (χ1n) is 5.47. The molecule has 0 aliphatic heterocycles. The third kappa shape index (κ3) is 4.45. The van der Waals surface area contributed by atoms with Gasteiger partial charge in [0.25, 0.3) is 0 Å². The topological polar surface area (TPSA) is 38.3 Å². The van der Waals surface area contributed by atoms with Gasteiger partial charge in [0.2, 0.25) is 0 Å². The monoisotopic (exact) mass is 221 g/mol. The summed E-state index contributed by atoms with van der Waals surface area (Å²) in [5.41, 5.74) is 2.48. The maximum atomic E-state index is 11.0. The van der Waals surface area contributed by atoms with Gasteiger partial charge in [-0.3, -0.25) is 4.79 Å². The Morgan fingerprint density at radius 1 is 1.38 bits per heavy atom. The molecule has 0 bridgehead atoms. The third-order valence-corrected chi connectivity index (χ3v) is 2.48. The van der Waals surface area contributed by atoms with Gasteiger partial charge in [-0.05, 0) is 19.4 Å². The zero-order valence-electron chi connectivity index (χ0n) is 10.1. The first-order valence-corrected chi connectivity index (χ1v) is 5.47. The second kappa shape index (κ2) is 6.28. The van der Waals surface area contributed by atoms with Crippen molar-refractivity contribution in [2.45, 2.75) is 32.9 Å². The Morgan fingerprint density at radius 2 is 2.00 bits per heavy atom. The van der Waals surface area contributed by atoms with Crippen LogP contribution in [0.3, 0.4) is 0 Å². The van der Waals surface area contributed by atoms with Crippen molar-refractivity contribution in [3.05, 3.63) is 35.4 Å². The highest BCUT2D eigenvalue weighted by molar-refractivity contribution is 5.69. The van der Waals surface area contributed by atoms with Crippen LogP contribution in [-0.4, -0.2) is 19.1 Å². The number of hydrogen-bond acceptors (Lipinski definition) is 3. The van der Waals surface area contributed by atoms with Gasteiger partial charge in [-0.1, -0.05) is 29.8 Å². The lowest BCUT2D eigenvalue weighted by Gasteiger charge is -2.12. The minimum Gasteiger partial charge on any atom is -0.469 e. The number of aryl methyl sites for hydroxylation is 1. The molecular formula is C13H19NO2. The molecule has 1 N–H and O–H groups in total. The Labute approximate surface area is 96.8 Å². The van der Waals surface area contributed by atoms with Crippen LogP contribution in [0.4, 0.5) is 0 Å². The summed E-state index contributed by atoms with van der Waals surface area (Å²) >= 11 is 0. The SMILES string of the molecule is COC(=O)C[C@H](C)NCc1ccc(C)cc1. The van der Waals surface area contributed by atoms with E-state index in [1.807, 2.05) is 6.92 Å². The van der Waals surface area contributed by atoms with Crippen LogP contribution in [0.15, 0.2) is 24.3 Å². The summed E-state index contributed by atoms with van der Waals surface area (Å²) in [6, 6.07) is 8.48. The molecule has 0 fully saturated rings. The van der Waals surface area contributed by atoms with Gasteiger partial charge in [0.05, 0.1) is 13.5 Å². The second-order valence-electron chi connectivity index (χ2n) is 4.05. The molecule has 3 nitrogen and oxygen atoms in total. The van der Waals surface area contributed by atoms with Crippen LogP contribution < -0.4 is 5.32 Å². The molecule has 0 amide bonds. The van der Waals surface area contributed by atoms with Gasteiger partial charge < -0.3 is 10.1 Å². The number of hydrogen-bond donors (Lipinski definition) is 1. The Hall–Kier alpha value is -1.35. The summed E-state index contributed by atoms with van der Waals surface area (Å²) < 4.78 is 4.61. The van der Waals surface area contributed by atoms with Crippen molar-refractivity contribution in [1.29, 1.82) is 0 Å². The molecule has 0 radical (unpaired) electrons. The molecule has 88 valence electrons. The van der Waals surface area contributed by atoms with Crippen molar-refractivity contribution >= 4 is 5.97 Å². The molecule has 0 unspecified atom stereocenters. The normalized spacial score (nSPS) is 12.2. The van der Waals surface area contributed by atoms with E-state index in [2.05, 4.69) is 41.2 Å². The van der Waals surface area contributed by atoms with Crippen molar-refractivity contribution in [2.24, 2.45) is 0 Å². The standard InChI is InChI=1S/C13H19NO2/c1-10-4-6-12(7-5-10)9-14-11(2)8-13(15)16-3/h4-7,11,14H,8-9H2,1-3H3/t11-/m0/s1. The second-order valence-corrected chi connectivity index (χ2v) is 4.05. The van der Waals surface area contributed by atoms with Crippen molar-refractivity contribution in [3.8, 4) is 0 Å². The van der Waals surface area contributed by atoms with E-state index in [4.69, 9.17) is 0 Å². The number of nitrogens with one attached hydrogen (secondary N) is 1. The predicted molar refractivity (Wildman–Crippen MR) is 64.1 cm³/mol. The van der Waals surface area contributed by atoms with Gasteiger partial charge in [0.15, 0.2) is 0 Å². The number of carbonyl (C=O) groups is 1. The van der Waals surface area contributed by atoms with Gasteiger partial charge in [0, 0.05) is 12.6 Å². The van der Waals surface area contributed by atoms with Crippen LogP contribution >= 0.6 is 0 Å². The first-order chi connectivity index (χ1) is 7.61. The van der Waals surface area contributed by atoms with E-state index < -0.39 is 0 Å². The summed E-state index contributed by atoms with van der Waals surface area (Å²) in [6.45, 7) is 4.82. The van der Waals surface area contributed by atoms with Crippen molar-refractivity contribution in [1.82, 2.24) is 5.32 Å². The predicted octanol–water partition coefficient (Wildman–Crippen LogP) is 2.04. The average Bonchev–Trinajstić information content (AvgIpc) is 2.28. The molecule has 0 saturated heterocycles. The van der Waals surface area contributed by atoms with E-state index in [-0.39, 0.29) is 12.0 Å². The highest BCUT2D eigenvalue weighted by Crippen LogP contribution is 2.03. The fraction of sp³-hybridized carbons (Fsp3) is 0.462. The van der Waals surface area contributed by atoms with E-state index in [1.165, 1.54) is 18.2 Å². The summed E-state index contributed by atoms with van der Waals surface area (Å²) in [5, 5.41) is 3.28. The van der Waals surface area contributed by atoms with Gasteiger partial charge in [-0.25, -0.2) is 0 Å². The number of esters is 1. The summed E-state index contributed by atoms with van der Waals surface area (Å²) in [5.74, 6) is -0.177. The lowest BCUT2D eigenvalue weighted by Crippen LogP contribution is -2.28. The fourth-order valence-corrected chi connectivity index (χ4v) is 1.40. The zero-order valence-corrected chi connectivity index (χ0v) is 10.1. The largest absolute Gasteiger partial charge is 0.469 e. The van der Waals surface area contributed by atoms with Crippen LogP contribution in [-0.2, 0) is 16.1 Å². The van der Waals surface area contributed by atoms with E-state index in [0.29, 0.717) is 6.42 Å². The molecular weight excluding hydrogens is 202 g/mol. The summed E-state index contributed by atoms with van der Waals surface area (Å²) in [7, 11) is 1.41. The fourth-order valence-electron chi connectivity index (χ4n) is 1.40. The molecule has 1 rings (SSSR count). The van der Waals surface area contributed by atoms with Crippen molar-refractivity contribution in [3.63, 3.8) is 0 Å². The number of ether oxygens (including phenoxy) is 1. The molecule has 16 heavy (non-hydrogen) atoms. The summed E-state index contributed by atoms with van der Waals surface area (Å²) in [4.78, 5) is 11.0. The minimum atomic E-state index is -0.177. The maximum absolute atomic E-state index is 11.0. The zero-order chi connectivity index (χ0) is 12.0. The Bertz CT molecular complexity index is 332. The number of carbonyl (C=O) groups excluding carboxylic acids is 1. The first kappa shape index (κ1) is 12.7. The average molecular weight is 221 g/mol. The Kier molecular flexibility index (Phi) is 4.99. The van der Waals surface area contributed by atoms with E-state index in [1.54, 1.807) is 0 Å². The molecule has 1 atom stereocenters. The van der Waals surface area contributed by atoms with Gasteiger partial charge in [-0.15, -0.1) is 0 Å². The lowest BCUT2D eigenvalue weighted by atomic mass is 10.1. The molecule has 1 aromatic rings. The van der Waals surface area contributed by atoms with Crippen LogP contribution in [0, 0.1) is 6.92 Å². The quantitative estimate of drug-likeness (QED) is 0.773. The third-order valence-electron chi connectivity index (χ3n) is 2.48. The summed E-state index contributed by atoms with van der Waals surface area (Å²) in [6.07, 6.45) is 0.405. The molecule has 0 heterocycles. The molecule has 3 heteroatoms. The Balaban J connectivity index is 2.34. The molecule has 0 aliphatic carbocycles. The van der Waals surface area contributed by atoms with Crippen molar-refractivity contribution < 1.29 is 9.53 Å². The van der Waals surface area contributed by atoms with E-state index >= 15 is 0 Å². The van der Waals surface area contributed by atoms with Crippen LogP contribution in [0.5, 0.6) is 0 Å². The smallest absolute Gasteiger partial charge is 0.307 e. The van der Waals surface area contributed by atoms with Crippen LogP contribution in [0.2, 0.25) is 0 Å². The maximum Gasteiger partial charge on any atom is 0.307 e. The molecule has 0 aromatic heterocycles. The van der Waals surface area contributed by atoms with Crippen molar-refractivity contribution in [2.75, 3.05) is 7.11 Å². The van der Waals surface area contributed by atoms with Gasteiger partial charge in [0.1, 0.15) is 0 Å². The number of rotatable bonds is 5. The van der Waals surface area contributed by atoms with Crippen LogP contribution in [0.1, 0.15) is 24.5 Å². The van der Waals surface area contributed by atoms with Gasteiger partial charge in [-0.2, -0.15) is 0 Å². The highest BCUT2D eigenvalue weighted by Gasteiger charge is 2.07. The Morgan fingerprint density at radius 3 is 2.56 bits per heavy atom. The van der Waals surface area contributed by atoms with E-state index in [9.17, 15) is 4.79 Å². The highest BCUT2D eigenvalue weighted by atomic mass is 16.5. The molecule has 0 saturated carbocycles. The van der Waals surface area contributed by atoms with Crippen LogP contribution in [0.25, 0.3) is 0 Å². The lowest BCUT2D eigenvalue weighted by molar-refractivity contribution is -0.141.